The molecule has 0 unspecified atom stereocenters. The van der Waals surface area contributed by atoms with Crippen molar-refractivity contribution in [2.45, 2.75) is 39.0 Å². The molecule has 0 bridgehead atoms. The van der Waals surface area contributed by atoms with Crippen LogP contribution in [0.3, 0.4) is 0 Å². The zero-order valence-electron chi connectivity index (χ0n) is 17.9. The van der Waals surface area contributed by atoms with Crippen molar-refractivity contribution in [2.24, 2.45) is 11.3 Å². The third kappa shape index (κ3) is 4.98. The number of nitrogens with one attached hydrogen (secondary N) is 1. The predicted octanol–water partition coefficient (Wildman–Crippen LogP) is 4.56. The third-order valence-electron chi connectivity index (χ3n) is 5.03. The van der Waals surface area contributed by atoms with E-state index < -0.39 is 32.0 Å². The Bertz CT molecular complexity index is 1100. The molecule has 1 aliphatic rings. The van der Waals surface area contributed by atoms with Crippen LogP contribution in [0.1, 0.15) is 34.1 Å². The summed E-state index contributed by atoms with van der Waals surface area (Å²) in [6.45, 7) is 8.32. The van der Waals surface area contributed by atoms with E-state index >= 15 is 0 Å². The van der Waals surface area contributed by atoms with E-state index in [4.69, 9.17) is 4.74 Å². The van der Waals surface area contributed by atoms with Gasteiger partial charge in [0.2, 0.25) is 5.91 Å². The van der Waals surface area contributed by atoms with Gasteiger partial charge in [0.15, 0.2) is 0 Å². The van der Waals surface area contributed by atoms with Crippen molar-refractivity contribution in [1.82, 2.24) is 0 Å². The molecule has 31 heavy (non-hydrogen) atoms. The second-order valence-corrected chi connectivity index (χ2v) is 10.3. The first-order chi connectivity index (χ1) is 14.4. The Morgan fingerprint density at radius 3 is 2.52 bits per heavy atom. The van der Waals surface area contributed by atoms with Crippen LogP contribution in [0.5, 0.6) is 5.75 Å². The highest BCUT2D eigenvalue weighted by Crippen LogP contribution is 2.39. The predicted molar refractivity (Wildman–Crippen MR) is 115 cm³/mol. The minimum absolute atomic E-state index is 0.128. The highest BCUT2D eigenvalue weighted by molar-refractivity contribution is 7.92. The Morgan fingerprint density at radius 1 is 1.16 bits per heavy atom. The molecule has 9 heteroatoms. The topological polar surface area (TPSA) is 75.7 Å². The average molecular weight is 453 g/mol. The number of carbonyl (C=O) groups excluding carboxylic acids is 1. The number of rotatable bonds is 6. The Labute approximate surface area is 181 Å². The lowest BCUT2D eigenvalue weighted by molar-refractivity contribution is -0.127. The van der Waals surface area contributed by atoms with Crippen LogP contribution >= 0.6 is 0 Å². The zero-order valence-corrected chi connectivity index (χ0v) is 18.7. The molecule has 1 N–H and O–H groups in total. The summed E-state index contributed by atoms with van der Waals surface area (Å²) >= 11 is 0. The lowest BCUT2D eigenvalue weighted by Crippen LogP contribution is -2.42. The summed E-state index contributed by atoms with van der Waals surface area (Å²) < 4.78 is 60.6. The van der Waals surface area contributed by atoms with Gasteiger partial charge in [-0.2, -0.15) is 0 Å². The number of halogens is 2. The van der Waals surface area contributed by atoms with Crippen molar-refractivity contribution >= 4 is 27.3 Å². The Morgan fingerprint density at radius 2 is 1.87 bits per heavy atom. The maximum absolute atomic E-state index is 14.0. The van der Waals surface area contributed by atoms with E-state index in [1.165, 1.54) is 12.1 Å². The van der Waals surface area contributed by atoms with E-state index in [2.05, 4.69) is 4.72 Å². The van der Waals surface area contributed by atoms with Crippen molar-refractivity contribution in [3.8, 4) is 5.75 Å². The lowest BCUT2D eigenvalue weighted by Gasteiger charge is -2.28. The van der Waals surface area contributed by atoms with Gasteiger partial charge < -0.3 is 9.64 Å². The van der Waals surface area contributed by atoms with Gasteiger partial charge in [-0.05, 0) is 56.5 Å². The van der Waals surface area contributed by atoms with Gasteiger partial charge >= 0.3 is 0 Å². The van der Waals surface area contributed by atoms with E-state index in [1.807, 2.05) is 13.8 Å². The maximum Gasteiger partial charge on any atom is 0.264 e. The quantitative estimate of drug-likeness (QED) is 0.697. The number of nitrogens with zero attached hydrogens (tertiary/aromatic N) is 1. The molecule has 1 aliphatic heterocycles. The number of hydrogen-bond acceptors (Lipinski definition) is 4. The van der Waals surface area contributed by atoms with Crippen molar-refractivity contribution < 1.29 is 26.7 Å². The molecule has 0 saturated heterocycles. The third-order valence-corrected chi connectivity index (χ3v) is 6.44. The zero-order chi connectivity index (χ0) is 23.0. The molecule has 0 radical (unpaired) electrons. The summed E-state index contributed by atoms with van der Waals surface area (Å²) in [6, 6.07) is 6.78. The van der Waals surface area contributed by atoms with Gasteiger partial charge in [-0.15, -0.1) is 0 Å². The minimum Gasteiger partial charge on any atom is -0.490 e. The molecule has 0 saturated carbocycles. The molecule has 0 fully saturated rings. The number of hydrogen-bond donors (Lipinski definition) is 1. The van der Waals surface area contributed by atoms with Crippen LogP contribution in [0.25, 0.3) is 0 Å². The van der Waals surface area contributed by atoms with Crippen LogP contribution in [0, 0.1) is 23.0 Å². The Hall–Kier alpha value is -2.68. The molecule has 2 aromatic rings. The van der Waals surface area contributed by atoms with Crippen molar-refractivity contribution in [3.05, 3.63) is 48.0 Å². The second kappa shape index (κ2) is 8.45. The first kappa shape index (κ1) is 23.0. The molecule has 6 nitrogen and oxygen atoms in total. The molecular weight excluding hydrogens is 426 g/mol. The second-order valence-electron chi connectivity index (χ2n) is 8.67. The Kier molecular flexibility index (Phi) is 6.27. The highest BCUT2D eigenvalue weighted by atomic mass is 32.2. The van der Waals surface area contributed by atoms with Crippen LogP contribution in [0.2, 0.25) is 0 Å². The number of ether oxygens (including phenoxy) is 1. The molecule has 3 rings (SSSR count). The summed E-state index contributed by atoms with van der Waals surface area (Å²) in [7, 11) is -4.31. The smallest absolute Gasteiger partial charge is 0.264 e. The lowest BCUT2D eigenvalue weighted by atomic mass is 9.92. The number of fused-ring (bicyclic) bond motifs is 1. The van der Waals surface area contributed by atoms with Crippen LogP contribution in [-0.4, -0.2) is 27.5 Å². The van der Waals surface area contributed by atoms with Gasteiger partial charge in [0, 0.05) is 12.6 Å². The highest BCUT2D eigenvalue weighted by Gasteiger charge is 2.38. The fraction of sp³-hybridized carbons (Fsp3) is 0.409. The SMILES string of the molecule is CC(C)CCN1C(=O)C(C)(C)COc2ccc(NS(=O)(=O)c3ccc(F)cc3F)cc21. The van der Waals surface area contributed by atoms with Gasteiger partial charge in [0.25, 0.3) is 10.0 Å². The molecule has 168 valence electrons. The molecular formula is C22H26F2N2O4S. The summed E-state index contributed by atoms with van der Waals surface area (Å²) in [4.78, 5) is 14.1. The largest absolute Gasteiger partial charge is 0.490 e. The van der Waals surface area contributed by atoms with E-state index in [-0.39, 0.29) is 18.2 Å². The number of benzene rings is 2. The molecule has 0 aliphatic carbocycles. The standard InChI is InChI=1S/C22H26F2N2O4S/c1-14(2)9-10-26-18-12-16(6-7-19(18)30-13-22(3,4)21(26)27)25-31(28,29)20-8-5-15(23)11-17(20)24/h5-8,11-12,14,25H,9-10,13H2,1-4H3. The van der Waals surface area contributed by atoms with Gasteiger partial charge in [-0.25, -0.2) is 17.2 Å². The maximum atomic E-state index is 14.0. The fourth-order valence-corrected chi connectivity index (χ4v) is 4.33. The van der Waals surface area contributed by atoms with Crippen LogP contribution in [0.15, 0.2) is 41.3 Å². The molecule has 0 atom stereocenters. The van der Waals surface area contributed by atoms with E-state index in [9.17, 15) is 22.0 Å². The van der Waals surface area contributed by atoms with Gasteiger partial charge in [0.05, 0.1) is 16.8 Å². The monoisotopic (exact) mass is 452 g/mol. The average Bonchev–Trinajstić information content (AvgIpc) is 2.74. The van der Waals surface area contributed by atoms with Crippen LogP contribution < -0.4 is 14.4 Å². The van der Waals surface area contributed by atoms with Crippen molar-refractivity contribution in [3.63, 3.8) is 0 Å². The van der Waals surface area contributed by atoms with Crippen LogP contribution in [0.4, 0.5) is 20.2 Å². The van der Waals surface area contributed by atoms with E-state index in [0.717, 1.165) is 18.6 Å². The van der Waals surface area contributed by atoms with E-state index in [0.29, 0.717) is 30.0 Å². The van der Waals surface area contributed by atoms with Crippen molar-refractivity contribution in [2.75, 3.05) is 22.8 Å². The van der Waals surface area contributed by atoms with Gasteiger partial charge in [-0.3, -0.25) is 9.52 Å². The summed E-state index contributed by atoms with van der Waals surface area (Å²) in [6.07, 6.45) is 0.748. The number of carbonyl (C=O) groups is 1. The van der Waals surface area contributed by atoms with Gasteiger partial charge in [-0.1, -0.05) is 13.8 Å². The van der Waals surface area contributed by atoms with Crippen molar-refractivity contribution in [1.29, 1.82) is 0 Å². The normalized spacial score (nSPS) is 16.0. The Balaban J connectivity index is 1.99. The van der Waals surface area contributed by atoms with E-state index in [1.54, 1.807) is 24.8 Å². The fourth-order valence-electron chi connectivity index (χ4n) is 3.22. The molecule has 2 aromatic carbocycles. The molecule has 0 aromatic heterocycles. The van der Waals surface area contributed by atoms with Gasteiger partial charge in [0.1, 0.15) is 28.9 Å². The van der Waals surface area contributed by atoms with Crippen LogP contribution in [-0.2, 0) is 14.8 Å². The summed E-state index contributed by atoms with van der Waals surface area (Å²) in [5.74, 6) is -1.39. The number of amides is 1. The number of sulfonamides is 1. The number of anilines is 2. The summed E-state index contributed by atoms with van der Waals surface area (Å²) in [5, 5.41) is 0. The molecule has 0 spiro atoms. The molecule has 1 heterocycles. The minimum atomic E-state index is -4.31. The first-order valence-electron chi connectivity index (χ1n) is 9.97. The first-order valence-corrected chi connectivity index (χ1v) is 11.5. The molecule has 1 amide bonds. The summed E-state index contributed by atoms with van der Waals surface area (Å²) in [5.41, 5.74) is -0.184.